The molecule has 0 saturated carbocycles. The van der Waals surface area contributed by atoms with Gasteiger partial charge in [0.2, 0.25) is 5.91 Å². The largest absolute Gasteiger partial charge is 0.479 e. The first-order chi connectivity index (χ1) is 13.1. The predicted octanol–water partition coefficient (Wildman–Crippen LogP) is -4.51. The van der Waals surface area contributed by atoms with Crippen molar-refractivity contribution >= 4 is 11.9 Å². The summed E-state index contributed by atoms with van der Waals surface area (Å²) in [4.78, 5) is 22.8. The molecule has 0 unspecified atom stereocenters. The lowest BCUT2D eigenvalue weighted by atomic mass is 9.95. The quantitative estimate of drug-likeness (QED) is 0.221. The summed E-state index contributed by atoms with van der Waals surface area (Å²) in [5.41, 5.74) is 0. The van der Waals surface area contributed by atoms with Gasteiger partial charge in [0.15, 0.2) is 18.7 Å². The number of aliphatic carboxylic acids is 1. The molecule has 10 atom stereocenters. The van der Waals surface area contributed by atoms with E-state index in [1.165, 1.54) is 0 Å². The van der Waals surface area contributed by atoms with Crippen molar-refractivity contribution < 1.29 is 59.2 Å². The zero-order chi connectivity index (χ0) is 21.2. The van der Waals surface area contributed by atoms with Gasteiger partial charge in [-0.2, -0.15) is 0 Å². The second-order valence-electron chi connectivity index (χ2n) is 6.51. The highest BCUT2D eigenvalue weighted by Gasteiger charge is 2.52. The first-order valence-electron chi connectivity index (χ1n) is 8.44. The third-order valence-corrected chi connectivity index (χ3v) is 4.59. The number of aliphatic hydroxyl groups excluding tert-OH is 5. The van der Waals surface area contributed by atoms with E-state index in [1.807, 2.05) is 0 Å². The van der Waals surface area contributed by atoms with Gasteiger partial charge in [0, 0.05) is 14.0 Å². The molecule has 28 heavy (non-hydrogen) atoms. The Morgan fingerprint density at radius 1 is 1.04 bits per heavy atom. The Balaban J connectivity index is 2.26. The van der Waals surface area contributed by atoms with Gasteiger partial charge in [-0.25, -0.2) is 4.79 Å². The number of amides is 1. The number of ether oxygens (including phenoxy) is 4. The van der Waals surface area contributed by atoms with Crippen molar-refractivity contribution in [3.63, 3.8) is 0 Å². The first kappa shape index (κ1) is 22.9. The molecule has 0 aromatic rings. The van der Waals surface area contributed by atoms with Crippen LogP contribution in [-0.4, -0.2) is 118 Å². The van der Waals surface area contributed by atoms with E-state index < -0.39 is 79.8 Å². The Kier molecular flexibility index (Phi) is 7.66. The number of carboxylic acid groups (broad SMARTS) is 1. The van der Waals surface area contributed by atoms with Gasteiger partial charge in [-0.15, -0.1) is 0 Å². The van der Waals surface area contributed by atoms with Gasteiger partial charge in [0.1, 0.15) is 42.7 Å². The highest BCUT2D eigenvalue weighted by Crippen LogP contribution is 2.29. The van der Waals surface area contributed by atoms with E-state index in [-0.39, 0.29) is 0 Å². The second-order valence-corrected chi connectivity index (χ2v) is 6.51. The monoisotopic (exact) mass is 411 g/mol. The Hall–Kier alpha value is -1.42. The van der Waals surface area contributed by atoms with Gasteiger partial charge >= 0.3 is 5.97 Å². The number of methoxy groups -OCH3 is 1. The molecule has 2 aliphatic heterocycles. The Morgan fingerprint density at radius 3 is 2.18 bits per heavy atom. The maximum atomic E-state index is 11.4. The zero-order valence-electron chi connectivity index (χ0n) is 15.1. The molecule has 2 aliphatic rings. The van der Waals surface area contributed by atoms with Crippen molar-refractivity contribution in [1.82, 2.24) is 5.32 Å². The van der Waals surface area contributed by atoms with Crippen molar-refractivity contribution in [3.05, 3.63) is 0 Å². The number of carboxylic acids is 1. The molecule has 13 heteroatoms. The molecule has 2 saturated heterocycles. The number of nitrogens with one attached hydrogen (secondary N) is 1. The molecule has 1 amide bonds. The Morgan fingerprint density at radius 2 is 1.68 bits per heavy atom. The lowest BCUT2D eigenvalue weighted by molar-refractivity contribution is -0.338. The van der Waals surface area contributed by atoms with E-state index in [0.717, 1.165) is 14.0 Å². The number of carbonyl (C=O) groups is 2. The van der Waals surface area contributed by atoms with Crippen molar-refractivity contribution in [1.29, 1.82) is 0 Å². The third kappa shape index (κ3) is 4.59. The van der Waals surface area contributed by atoms with E-state index in [0.29, 0.717) is 0 Å². The summed E-state index contributed by atoms with van der Waals surface area (Å²) < 4.78 is 20.5. The van der Waals surface area contributed by atoms with E-state index in [9.17, 15) is 40.2 Å². The standard InChI is InChI=1S/C15H25NO12/c1-4(18)16-6-10(7(19)5(3-17)26-14(6)24)27-15-9(21)8(20)11(25-2)12(28-15)13(22)23/h5-12,14-15,17,19-21,24H,3H2,1-2H3,(H,16,18)(H,22,23)/t5-,6-,7+,8-,9-,10-,11+,12-,14-,15-/m1/s1. The average molecular weight is 411 g/mol. The van der Waals surface area contributed by atoms with E-state index in [4.69, 9.17) is 18.9 Å². The van der Waals surface area contributed by atoms with Crippen LogP contribution in [0.1, 0.15) is 6.92 Å². The fraction of sp³-hybridized carbons (Fsp3) is 0.867. The molecule has 2 rings (SSSR count). The van der Waals surface area contributed by atoms with Gasteiger partial charge in [0.25, 0.3) is 0 Å². The van der Waals surface area contributed by atoms with Crippen LogP contribution in [0.3, 0.4) is 0 Å². The number of hydrogen-bond acceptors (Lipinski definition) is 11. The second kappa shape index (κ2) is 9.39. The summed E-state index contributed by atoms with van der Waals surface area (Å²) in [5, 5.41) is 61.7. The molecule has 0 radical (unpaired) electrons. The van der Waals surface area contributed by atoms with Crippen molar-refractivity contribution in [2.45, 2.75) is 68.3 Å². The zero-order valence-corrected chi connectivity index (χ0v) is 15.1. The minimum atomic E-state index is -1.78. The molecule has 0 aromatic heterocycles. The highest BCUT2D eigenvalue weighted by molar-refractivity contribution is 5.73. The van der Waals surface area contributed by atoms with Gasteiger partial charge in [0.05, 0.1) is 6.61 Å². The van der Waals surface area contributed by atoms with Crippen LogP contribution in [0.15, 0.2) is 0 Å². The first-order valence-corrected chi connectivity index (χ1v) is 8.44. The lowest BCUT2D eigenvalue weighted by Crippen LogP contribution is -2.68. The van der Waals surface area contributed by atoms with Crippen LogP contribution in [0.2, 0.25) is 0 Å². The van der Waals surface area contributed by atoms with Crippen LogP contribution in [-0.2, 0) is 28.5 Å². The molecule has 13 nitrogen and oxygen atoms in total. The van der Waals surface area contributed by atoms with E-state index in [1.54, 1.807) is 0 Å². The van der Waals surface area contributed by atoms with Gasteiger partial charge in [-0.1, -0.05) is 0 Å². The minimum Gasteiger partial charge on any atom is -0.479 e. The predicted molar refractivity (Wildman–Crippen MR) is 85.6 cm³/mol. The fourth-order valence-electron chi connectivity index (χ4n) is 3.20. The normalized spacial score (nSPS) is 44.1. The lowest BCUT2D eigenvalue weighted by Gasteiger charge is -2.46. The van der Waals surface area contributed by atoms with E-state index in [2.05, 4.69) is 5.32 Å². The average Bonchev–Trinajstić information content (AvgIpc) is 2.63. The van der Waals surface area contributed by atoms with Gasteiger partial charge in [-0.3, -0.25) is 4.79 Å². The van der Waals surface area contributed by atoms with Crippen LogP contribution in [0.25, 0.3) is 0 Å². The minimum absolute atomic E-state index is 0.607. The topological polar surface area (TPSA) is 204 Å². The highest BCUT2D eigenvalue weighted by atomic mass is 16.7. The number of hydrogen-bond donors (Lipinski definition) is 7. The van der Waals surface area contributed by atoms with Gasteiger partial charge < -0.3 is 54.9 Å². The molecule has 0 aromatic carbocycles. The maximum absolute atomic E-state index is 11.4. The van der Waals surface area contributed by atoms with Crippen molar-refractivity contribution in [2.24, 2.45) is 0 Å². The molecule has 0 bridgehead atoms. The third-order valence-electron chi connectivity index (χ3n) is 4.59. The summed E-state index contributed by atoms with van der Waals surface area (Å²) in [6.07, 6.45) is -14.4. The van der Waals surface area contributed by atoms with Crippen molar-refractivity contribution in [3.8, 4) is 0 Å². The molecule has 2 heterocycles. The maximum Gasteiger partial charge on any atom is 0.335 e. The van der Waals surface area contributed by atoms with Crippen LogP contribution < -0.4 is 5.32 Å². The fourth-order valence-corrected chi connectivity index (χ4v) is 3.20. The van der Waals surface area contributed by atoms with Gasteiger partial charge in [-0.05, 0) is 0 Å². The van der Waals surface area contributed by atoms with Crippen LogP contribution >= 0.6 is 0 Å². The molecule has 2 fully saturated rings. The summed E-state index contributed by atoms with van der Waals surface area (Å²) in [6, 6.07) is -1.34. The number of rotatable bonds is 6. The Labute approximate surface area is 159 Å². The molecular formula is C15H25NO12. The Bertz CT molecular complexity index is 561. The number of carbonyl (C=O) groups excluding carboxylic acids is 1. The SMILES string of the molecule is CO[C@H]1[C@H](O)[C@@H](O)[C@H](O[C@H]2[C@@H](O)[C@@H](CO)O[C@@H](O)[C@@H]2NC(C)=O)O[C@H]1C(=O)O. The summed E-state index contributed by atoms with van der Waals surface area (Å²) >= 11 is 0. The molecule has 0 spiro atoms. The molecule has 7 N–H and O–H groups in total. The summed E-state index contributed by atoms with van der Waals surface area (Å²) in [7, 11) is 1.12. The summed E-state index contributed by atoms with van der Waals surface area (Å²) in [6.45, 7) is 0.429. The molecule has 0 aliphatic carbocycles. The smallest absolute Gasteiger partial charge is 0.335 e. The molecule has 162 valence electrons. The van der Waals surface area contributed by atoms with Crippen molar-refractivity contribution in [2.75, 3.05) is 13.7 Å². The number of aliphatic hydroxyl groups is 5. The summed E-state index contributed by atoms with van der Waals surface area (Å²) in [5.74, 6) is -2.10. The van der Waals surface area contributed by atoms with Crippen LogP contribution in [0.4, 0.5) is 0 Å². The van der Waals surface area contributed by atoms with Crippen LogP contribution in [0.5, 0.6) is 0 Å². The van der Waals surface area contributed by atoms with E-state index >= 15 is 0 Å². The molecular weight excluding hydrogens is 386 g/mol. The van der Waals surface area contributed by atoms with Crippen LogP contribution in [0, 0.1) is 0 Å².